The number of H-pyrrole nitrogens is 1. The van der Waals surface area contributed by atoms with Crippen LogP contribution < -0.4 is 10.6 Å². The molecule has 3 heterocycles. The quantitative estimate of drug-likeness (QED) is 0.704. The lowest BCUT2D eigenvalue weighted by molar-refractivity contribution is 1.11. The smallest absolute Gasteiger partial charge is 0.152 e. The van der Waals surface area contributed by atoms with E-state index in [2.05, 4.69) is 37.2 Å². The van der Waals surface area contributed by atoms with Crippen LogP contribution in [0.15, 0.2) is 41.8 Å². The normalized spacial score (nSPS) is 14.5. The molecule has 1 aliphatic heterocycles. The van der Waals surface area contributed by atoms with Crippen LogP contribution in [-0.2, 0) is 0 Å². The van der Waals surface area contributed by atoms with Crippen LogP contribution in [-0.4, -0.2) is 27.9 Å². The molecule has 3 aromatic rings. The van der Waals surface area contributed by atoms with Gasteiger partial charge in [0.1, 0.15) is 5.52 Å². The van der Waals surface area contributed by atoms with E-state index in [1.54, 1.807) is 6.20 Å². The molecule has 6 heteroatoms. The highest BCUT2D eigenvalue weighted by Gasteiger charge is 2.11. The van der Waals surface area contributed by atoms with E-state index in [0.29, 0.717) is 5.82 Å². The van der Waals surface area contributed by atoms with Crippen molar-refractivity contribution in [1.29, 1.82) is 0 Å². The summed E-state index contributed by atoms with van der Waals surface area (Å²) in [5.41, 5.74) is 8.60. The number of hydrogen-bond donors (Lipinski definition) is 2. The molecule has 1 aliphatic rings. The first-order valence-electron chi connectivity index (χ1n) is 6.30. The Morgan fingerprint density at radius 2 is 2.20 bits per heavy atom. The van der Waals surface area contributed by atoms with Gasteiger partial charge in [-0.25, -0.2) is 4.98 Å². The number of nitrogens with one attached hydrogen (secondary N) is 1. The van der Waals surface area contributed by atoms with Crippen LogP contribution in [0.2, 0.25) is 0 Å². The predicted octanol–water partition coefficient (Wildman–Crippen LogP) is 2.06. The lowest BCUT2D eigenvalue weighted by atomic mass is 10.1. The third-order valence-corrected chi connectivity index (χ3v) is 3.44. The summed E-state index contributed by atoms with van der Waals surface area (Å²) in [6.07, 6.45) is 7.43. The fourth-order valence-electron chi connectivity index (χ4n) is 2.46. The van der Waals surface area contributed by atoms with Crippen LogP contribution in [0.4, 0.5) is 11.5 Å². The average Bonchev–Trinajstić information content (AvgIpc) is 2.98. The minimum atomic E-state index is 0.446. The molecular formula is C14H12N6. The van der Waals surface area contributed by atoms with Gasteiger partial charge in [0.15, 0.2) is 5.82 Å². The number of hydrogen-bond acceptors (Lipinski definition) is 5. The molecule has 0 radical (unpaired) electrons. The molecule has 0 bridgehead atoms. The lowest BCUT2D eigenvalue weighted by Gasteiger charge is -2.20. The molecule has 0 aliphatic carbocycles. The van der Waals surface area contributed by atoms with Gasteiger partial charge in [-0.3, -0.25) is 10.1 Å². The van der Waals surface area contributed by atoms with Crippen molar-refractivity contribution in [2.75, 3.05) is 17.2 Å². The first kappa shape index (κ1) is 11.0. The molecule has 98 valence electrons. The van der Waals surface area contributed by atoms with E-state index in [4.69, 9.17) is 5.73 Å². The van der Waals surface area contributed by atoms with E-state index in [1.807, 2.05) is 24.7 Å². The molecular weight excluding hydrogens is 252 g/mol. The number of nitrogens with two attached hydrogens (primary N) is 1. The zero-order valence-corrected chi connectivity index (χ0v) is 10.6. The van der Waals surface area contributed by atoms with Gasteiger partial charge in [-0.2, -0.15) is 5.10 Å². The second kappa shape index (κ2) is 4.06. The van der Waals surface area contributed by atoms with Gasteiger partial charge in [0.25, 0.3) is 0 Å². The van der Waals surface area contributed by atoms with Crippen molar-refractivity contribution in [3.05, 3.63) is 36.8 Å². The third kappa shape index (κ3) is 1.55. The van der Waals surface area contributed by atoms with Crippen LogP contribution in [0.25, 0.3) is 21.8 Å². The Kier molecular flexibility index (Phi) is 2.23. The maximum Gasteiger partial charge on any atom is 0.152 e. The van der Waals surface area contributed by atoms with E-state index in [-0.39, 0.29) is 0 Å². The average molecular weight is 264 g/mol. The summed E-state index contributed by atoms with van der Waals surface area (Å²) in [5.74, 6) is 0.446. The molecule has 1 aromatic carbocycles. The van der Waals surface area contributed by atoms with Gasteiger partial charge in [0, 0.05) is 41.3 Å². The molecule has 2 aromatic heterocycles. The summed E-state index contributed by atoms with van der Waals surface area (Å²) in [7, 11) is 0. The maximum atomic E-state index is 5.95. The number of nitrogens with zero attached hydrogens (tertiary/aromatic N) is 4. The first-order valence-corrected chi connectivity index (χ1v) is 6.30. The van der Waals surface area contributed by atoms with Gasteiger partial charge in [-0.05, 0) is 18.2 Å². The topological polar surface area (TPSA) is 83.2 Å². The van der Waals surface area contributed by atoms with Gasteiger partial charge < -0.3 is 10.6 Å². The van der Waals surface area contributed by atoms with Crippen molar-refractivity contribution >= 4 is 39.5 Å². The fourth-order valence-corrected chi connectivity index (χ4v) is 2.46. The Morgan fingerprint density at radius 1 is 1.25 bits per heavy atom. The largest absolute Gasteiger partial charge is 0.382 e. The Labute approximate surface area is 114 Å². The molecule has 0 saturated carbocycles. The maximum absolute atomic E-state index is 5.95. The van der Waals surface area contributed by atoms with Crippen LogP contribution in [0.5, 0.6) is 0 Å². The van der Waals surface area contributed by atoms with E-state index in [9.17, 15) is 0 Å². The van der Waals surface area contributed by atoms with Gasteiger partial charge in [-0.15, -0.1) is 0 Å². The number of pyridine rings is 1. The van der Waals surface area contributed by atoms with Crippen LogP contribution >= 0.6 is 0 Å². The number of benzene rings is 1. The van der Waals surface area contributed by atoms with Crippen molar-refractivity contribution < 1.29 is 0 Å². The molecule has 0 saturated heterocycles. The minimum Gasteiger partial charge on any atom is -0.382 e. The van der Waals surface area contributed by atoms with Crippen molar-refractivity contribution in [3.63, 3.8) is 0 Å². The zero-order valence-electron chi connectivity index (χ0n) is 10.6. The van der Waals surface area contributed by atoms with Crippen molar-refractivity contribution in [2.45, 2.75) is 0 Å². The second-order valence-electron chi connectivity index (χ2n) is 4.63. The van der Waals surface area contributed by atoms with Gasteiger partial charge in [0.2, 0.25) is 0 Å². The van der Waals surface area contributed by atoms with Crippen LogP contribution in [0.1, 0.15) is 0 Å². The third-order valence-electron chi connectivity index (χ3n) is 3.44. The summed E-state index contributed by atoms with van der Waals surface area (Å²) >= 11 is 0. The van der Waals surface area contributed by atoms with Crippen molar-refractivity contribution in [3.8, 4) is 0 Å². The Bertz CT molecular complexity index is 861. The molecule has 3 N–H and O–H groups in total. The molecule has 4 rings (SSSR count). The SMILES string of the molecule is Nc1nc2cc(N3C=CN=CC3)ccc2c2c[nH]nc12. The number of aromatic nitrogens is 3. The monoisotopic (exact) mass is 264 g/mol. The fraction of sp³-hybridized carbons (Fsp3) is 0.0714. The highest BCUT2D eigenvalue weighted by atomic mass is 15.1. The summed E-state index contributed by atoms with van der Waals surface area (Å²) in [6.45, 7) is 0.755. The highest BCUT2D eigenvalue weighted by Crippen LogP contribution is 2.29. The molecule has 0 fully saturated rings. The molecule has 0 amide bonds. The highest BCUT2D eigenvalue weighted by molar-refractivity contribution is 6.08. The van der Waals surface area contributed by atoms with Crippen LogP contribution in [0.3, 0.4) is 0 Å². The molecule has 0 unspecified atom stereocenters. The summed E-state index contributed by atoms with van der Waals surface area (Å²) in [6, 6.07) is 6.15. The second-order valence-corrected chi connectivity index (χ2v) is 4.63. The summed E-state index contributed by atoms with van der Waals surface area (Å²) in [5, 5.41) is 9.01. The van der Waals surface area contributed by atoms with Crippen molar-refractivity contribution in [2.24, 2.45) is 4.99 Å². The number of rotatable bonds is 1. The van der Waals surface area contributed by atoms with Gasteiger partial charge in [-0.1, -0.05) is 0 Å². The zero-order chi connectivity index (χ0) is 13.5. The first-order chi connectivity index (χ1) is 9.83. The Morgan fingerprint density at radius 3 is 3.05 bits per heavy atom. The minimum absolute atomic E-state index is 0.446. The molecule has 0 spiro atoms. The summed E-state index contributed by atoms with van der Waals surface area (Å²) < 4.78 is 0. The van der Waals surface area contributed by atoms with E-state index < -0.39 is 0 Å². The summed E-state index contributed by atoms with van der Waals surface area (Å²) in [4.78, 5) is 10.6. The van der Waals surface area contributed by atoms with Gasteiger partial charge in [0.05, 0.1) is 12.1 Å². The lowest BCUT2D eigenvalue weighted by Crippen LogP contribution is -2.20. The predicted molar refractivity (Wildman–Crippen MR) is 80.8 cm³/mol. The number of aliphatic imine (C=N–C) groups is 1. The van der Waals surface area contributed by atoms with E-state index in [0.717, 1.165) is 34.0 Å². The number of anilines is 2. The van der Waals surface area contributed by atoms with Crippen molar-refractivity contribution in [1.82, 2.24) is 15.2 Å². The number of aromatic amines is 1. The van der Waals surface area contributed by atoms with Crippen LogP contribution in [0, 0.1) is 0 Å². The molecule has 6 nitrogen and oxygen atoms in total. The molecule has 0 atom stereocenters. The Hall–Kier alpha value is -2.89. The Balaban J connectivity index is 1.93. The number of fused-ring (bicyclic) bond motifs is 3. The van der Waals surface area contributed by atoms with Gasteiger partial charge >= 0.3 is 0 Å². The van der Waals surface area contributed by atoms with E-state index in [1.165, 1.54) is 0 Å². The standard InChI is InChI=1S/C14H12N6/c15-14-13-11(8-17-19-13)10-2-1-9(7-12(10)18-14)20-5-3-16-4-6-20/h1-5,7-8H,6H2,(H2,15,18)(H,17,19). The molecule has 20 heavy (non-hydrogen) atoms. The van der Waals surface area contributed by atoms with E-state index >= 15 is 0 Å². The number of nitrogen functional groups attached to an aromatic ring is 1.